The Labute approximate surface area is 249 Å². The van der Waals surface area contributed by atoms with Crippen molar-refractivity contribution in [1.82, 2.24) is 15.0 Å². The lowest BCUT2D eigenvalue weighted by Gasteiger charge is -2.15. The highest BCUT2D eigenvalue weighted by Crippen LogP contribution is 2.33. The van der Waals surface area contributed by atoms with E-state index in [0.717, 1.165) is 50.6 Å². The van der Waals surface area contributed by atoms with E-state index in [2.05, 4.69) is 91.0 Å². The molecule has 0 aliphatic heterocycles. The summed E-state index contributed by atoms with van der Waals surface area (Å²) in [5.41, 5.74) is 8.14. The van der Waals surface area contributed by atoms with E-state index < -0.39 is 0 Å². The van der Waals surface area contributed by atoms with Crippen LogP contribution in [-0.4, -0.2) is 15.0 Å². The topological polar surface area (TPSA) is 51.8 Å². The lowest BCUT2D eigenvalue weighted by molar-refractivity contribution is 0.669. The summed E-state index contributed by atoms with van der Waals surface area (Å²) < 4.78 is 6.17. The molecule has 1 aliphatic carbocycles. The summed E-state index contributed by atoms with van der Waals surface area (Å²) >= 11 is 0. The van der Waals surface area contributed by atoms with Gasteiger partial charge < -0.3 is 4.42 Å². The third-order valence-corrected chi connectivity index (χ3v) is 8.08. The molecule has 0 bridgehead atoms. The minimum absolute atomic E-state index is 0.419. The minimum atomic E-state index is 0.419. The maximum Gasteiger partial charge on any atom is 0.164 e. The average molecular weight is 554 g/mol. The van der Waals surface area contributed by atoms with Gasteiger partial charge in [-0.05, 0) is 41.3 Å². The molecule has 0 fully saturated rings. The van der Waals surface area contributed by atoms with Gasteiger partial charge >= 0.3 is 0 Å². The van der Waals surface area contributed by atoms with Gasteiger partial charge in [-0.2, -0.15) is 0 Å². The number of benzene rings is 5. The standard InChI is InChI=1S/C39H27N3O/c1-3-10-26(11-4-1)30-14-9-15-31(24-30)27-18-20-29(21-19-27)38-40-37(28-12-5-2-6-13-28)41-39(42-38)32-22-23-34-33-16-7-8-17-35(33)43-36(34)25-32/h1-10,12-26H,11H2. The van der Waals surface area contributed by atoms with Crippen LogP contribution < -0.4 is 0 Å². The molecule has 1 aliphatic rings. The van der Waals surface area contributed by atoms with Crippen molar-refractivity contribution in [2.45, 2.75) is 12.3 Å². The number of hydrogen-bond acceptors (Lipinski definition) is 4. The largest absolute Gasteiger partial charge is 0.456 e. The van der Waals surface area contributed by atoms with Crippen LogP contribution in [0, 0.1) is 0 Å². The van der Waals surface area contributed by atoms with Crippen molar-refractivity contribution in [2.75, 3.05) is 0 Å². The van der Waals surface area contributed by atoms with Crippen LogP contribution in [0.2, 0.25) is 0 Å². The Hall–Kier alpha value is -5.61. The van der Waals surface area contributed by atoms with Crippen molar-refractivity contribution in [3.63, 3.8) is 0 Å². The van der Waals surface area contributed by atoms with Gasteiger partial charge in [0.25, 0.3) is 0 Å². The fourth-order valence-corrected chi connectivity index (χ4v) is 5.80. The molecule has 0 radical (unpaired) electrons. The molecule has 0 spiro atoms. The highest BCUT2D eigenvalue weighted by Gasteiger charge is 2.15. The molecule has 0 saturated heterocycles. The van der Waals surface area contributed by atoms with Crippen molar-refractivity contribution in [1.29, 1.82) is 0 Å². The monoisotopic (exact) mass is 553 g/mol. The van der Waals surface area contributed by atoms with E-state index in [-0.39, 0.29) is 0 Å². The average Bonchev–Trinajstić information content (AvgIpc) is 3.47. The predicted octanol–water partition coefficient (Wildman–Crippen LogP) is 10.0. The third kappa shape index (κ3) is 4.83. The normalized spacial score (nSPS) is 14.5. The predicted molar refractivity (Wildman–Crippen MR) is 174 cm³/mol. The van der Waals surface area contributed by atoms with Crippen LogP contribution in [0.15, 0.2) is 150 Å². The second-order valence-corrected chi connectivity index (χ2v) is 10.8. The molecular formula is C39H27N3O. The van der Waals surface area contributed by atoms with Gasteiger partial charge in [-0.25, -0.2) is 15.0 Å². The van der Waals surface area contributed by atoms with Crippen LogP contribution in [0.1, 0.15) is 17.9 Å². The van der Waals surface area contributed by atoms with Crippen LogP contribution >= 0.6 is 0 Å². The first-order chi connectivity index (χ1) is 21.3. The van der Waals surface area contributed by atoms with Gasteiger partial charge in [0.05, 0.1) is 0 Å². The molecule has 1 unspecified atom stereocenters. The fourth-order valence-electron chi connectivity index (χ4n) is 5.80. The SMILES string of the molecule is C1=CCC(c2cccc(-c3ccc(-c4nc(-c5ccccc5)nc(-c5ccc6c(c5)oc5ccccc56)n4)cc3)c2)C=C1. The molecule has 7 aromatic rings. The zero-order chi connectivity index (χ0) is 28.6. The molecule has 5 aromatic carbocycles. The van der Waals surface area contributed by atoms with E-state index in [0.29, 0.717) is 23.4 Å². The van der Waals surface area contributed by atoms with Crippen LogP contribution in [0.5, 0.6) is 0 Å². The molecule has 2 heterocycles. The van der Waals surface area contributed by atoms with E-state index in [1.165, 1.54) is 11.1 Å². The van der Waals surface area contributed by atoms with E-state index in [1.807, 2.05) is 54.6 Å². The van der Waals surface area contributed by atoms with Crippen LogP contribution in [0.4, 0.5) is 0 Å². The summed E-state index contributed by atoms with van der Waals surface area (Å²) in [7, 11) is 0. The summed E-state index contributed by atoms with van der Waals surface area (Å²) in [6.07, 6.45) is 9.79. The Balaban J connectivity index is 1.19. The van der Waals surface area contributed by atoms with Gasteiger partial charge in [-0.3, -0.25) is 0 Å². The van der Waals surface area contributed by atoms with Crippen molar-refractivity contribution < 1.29 is 4.42 Å². The van der Waals surface area contributed by atoms with Crippen LogP contribution in [-0.2, 0) is 0 Å². The maximum absolute atomic E-state index is 6.17. The minimum Gasteiger partial charge on any atom is -0.456 e. The number of allylic oxidation sites excluding steroid dienone is 4. The Bertz CT molecular complexity index is 2160. The summed E-state index contributed by atoms with van der Waals surface area (Å²) in [5.74, 6) is 2.30. The number of aromatic nitrogens is 3. The molecule has 0 saturated carbocycles. The first-order valence-electron chi connectivity index (χ1n) is 14.6. The van der Waals surface area contributed by atoms with Crippen molar-refractivity contribution >= 4 is 21.9 Å². The smallest absolute Gasteiger partial charge is 0.164 e. The van der Waals surface area contributed by atoms with Gasteiger partial charge in [-0.15, -0.1) is 0 Å². The zero-order valence-electron chi connectivity index (χ0n) is 23.4. The van der Waals surface area contributed by atoms with Gasteiger partial charge in [0.2, 0.25) is 0 Å². The number of rotatable bonds is 5. The Morgan fingerprint density at radius 1 is 0.488 bits per heavy atom. The van der Waals surface area contributed by atoms with E-state index in [4.69, 9.17) is 19.4 Å². The number of nitrogens with zero attached hydrogens (tertiary/aromatic N) is 3. The first kappa shape index (κ1) is 25.1. The first-order valence-corrected chi connectivity index (χ1v) is 14.6. The Morgan fingerprint density at radius 2 is 1.14 bits per heavy atom. The molecule has 4 nitrogen and oxygen atoms in total. The molecule has 1 atom stereocenters. The molecule has 8 rings (SSSR count). The lowest BCUT2D eigenvalue weighted by Crippen LogP contribution is -2.00. The zero-order valence-corrected chi connectivity index (χ0v) is 23.4. The fraction of sp³-hybridized carbons (Fsp3) is 0.0513. The lowest BCUT2D eigenvalue weighted by atomic mass is 9.90. The molecular weight excluding hydrogens is 526 g/mol. The summed E-state index contributed by atoms with van der Waals surface area (Å²) in [6, 6.07) is 41.7. The highest BCUT2D eigenvalue weighted by atomic mass is 16.3. The second kappa shape index (κ2) is 10.7. The molecule has 0 amide bonds. The number of fused-ring (bicyclic) bond motifs is 3. The molecule has 2 aromatic heterocycles. The van der Waals surface area contributed by atoms with Crippen molar-refractivity contribution in [3.05, 3.63) is 151 Å². The van der Waals surface area contributed by atoms with Gasteiger partial charge in [0, 0.05) is 33.4 Å². The Morgan fingerprint density at radius 3 is 1.93 bits per heavy atom. The van der Waals surface area contributed by atoms with E-state index in [9.17, 15) is 0 Å². The van der Waals surface area contributed by atoms with Crippen LogP contribution in [0.3, 0.4) is 0 Å². The number of furan rings is 1. The van der Waals surface area contributed by atoms with Gasteiger partial charge in [-0.1, -0.05) is 127 Å². The second-order valence-electron chi connectivity index (χ2n) is 10.8. The molecule has 204 valence electrons. The Kier molecular flexibility index (Phi) is 6.23. The summed E-state index contributed by atoms with van der Waals surface area (Å²) in [4.78, 5) is 14.8. The van der Waals surface area contributed by atoms with Crippen molar-refractivity contribution in [2.24, 2.45) is 0 Å². The molecule has 4 heteroatoms. The summed E-state index contributed by atoms with van der Waals surface area (Å²) in [5, 5.41) is 2.18. The maximum atomic E-state index is 6.17. The van der Waals surface area contributed by atoms with E-state index >= 15 is 0 Å². The highest BCUT2D eigenvalue weighted by molar-refractivity contribution is 6.05. The quantitative estimate of drug-likeness (QED) is 0.213. The van der Waals surface area contributed by atoms with Crippen LogP contribution in [0.25, 0.3) is 67.2 Å². The molecule has 0 N–H and O–H groups in total. The van der Waals surface area contributed by atoms with Gasteiger partial charge in [0.1, 0.15) is 11.2 Å². The third-order valence-electron chi connectivity index (χ3n) is 8.08. The van der Waals surface area contributed by atoms with Gasteiger partial charge in [0.15, 0.2) is 17.5 Å². The summed E-state index contributed by atoms with van der Waals surface area (Å²) in [6.45, 7) is 0. The van der Waals surface area contributed by atoms with E-state index in [1.54, 1.807) is 0 Å². The van der Waals surface area contributed by atoms with Crippen molar-refractivity contribution in [3.8, 4) is 45.3 Å². The molecule has 43 heavy (non-hydrogen) atoms. The number of hydrogen-bond donors (Lipinski definition) is 0. The number of para-hydroxylation sites is 1.